The Balaban J connectivity index is 2.04. The van der Waals surface area contributed by atoms with Gasteiger partial charge in [-0.05, 0) is 24.5 Å². The van der Waals surface area contributed by atoms with Crippen LogP contribution in [0.3, 0.4) is 0 Å². The zero-order chi connectivity index (χ0) is 22.2. The van der Waals surface area contributed by atoms with Crippen LogP contribution in [-0.2, 0) is 0 Å². The first-order valence-corrected chi connectivity index (χ1v) is 9.44. The minimum atomic E-state index is -0.619. The molecule has 1 aliphatic heterocycles. The molecule has 0 saturated heterocycles. The number of allylic oxidation sites excluding steroid dienone is 1. The van der Waals surface area contributed by atoms with Crippen molar-refractivity contribution in [2.45, 2.75) is 26.7 Å². The quantitative estimate of drug-likeness (QED) is 0.726. The summed E-state index contributed by atoms with van der Waals surface area (Å²) in [6.45, 7) is 8.94. The number of hydrogen-bond acceptors (Lipinski definition) is 6. The molecule has 0 saturated carbocycles. The number of urea groups is 1. The van der Waals surface area contributed by atoms with Crippen molar-refractivity contribution >= 4 is 40.6 Å². The van der Waals surface area contributed by atoms with E-state index in [-0.39, 0.29) is 50.2 Å². The molecule has 0 fully saturated rings. The van der Waals surface area contributed by atoms with Crippen LogP contribution in [0.1, 0.15) is 30.9 Å². The third-order valence-corrected chi connectivity index (χ3v) is 5.04. The maximum absolute atomic E-state index is 12.3. The highest BCUT2D eigenvalue weighted by atomic mass is 35.5. The largest absolute Gasteiger partial charge is 0.434 e. The van der Waals surface area contributed by atoms with Crippen LogP contribution in [0.25, 0.3) is 0 Å². The highest BCUT2D eigenvalue weighted by Gasteiger charge is 2.28. The van der Waals surface area contributed by atoms with Gasteiger partial charge >= 0.3 is 6.03 Å². The Bertz CT molecular complexity index is 1200. The fraction of sp³-hybridized carbons (Fsp3) is 0.211. The highest BCUT2D eigenvalue weighted by Crippen LogP contribution is 2.43. The molecular weight excluding hydrogens is 431 g/mol. The predicted octanol–water partition coefficient (Wildman–Crippen LogP) is 4.22. The van der Waals surface area contributed by atoms with Crippen LogP contribution in [0.4, 0.5) is 10.5 Å². The standard InChI is InChI=1S/C19H16Cl2N6O3/c1-8(2)11-5-15(24-25-18(11)28)30-17-12(20)6-14(9(3)16(17)21)27-19(29)23-10(4)13(7-22)26-27/h5-6,8H,4H2,1-3H3,(H,23,29)(H,25,28). The van der Waals surface area contributed by atoms with E-state index < -0.39 is 6.03 Å². The van der Waals surface area contributed by atoms with Crippen molar-refractivity contribution < 1.29 is 9.53 Å². The second-order valence-corrected chi connectivity index (χ2v) is 7.46. The fourth-order valence-corrected chi connectivity index (χ4v) is 3.20. The normalized spacial score (nSPS) is 13.8. The molecule has 0 spiro atoms. The van der Waals surface area contributed by atoms with E-state index in [0.29, 0.717) is 11.1 Å². The van der Waals surface area contributed by atoms with Crippen LogP contribution < -0.4 is 20.6 Å². The average molecular weight is 447 g/mol. The van der Waals surface area contributed by atoms with Gasteiger partial charge in [0.25, 0.3) is 5.56 Å². The van der Waals surface area contributed by atoms with E-state index in [4.69, 9.17) is 33.2 Å². The van der Waals surface area contributed by atoms with Gasteiger partial charge in [0.05, 0.1) is 21.4 Å². The third kappa shape index (κ3) is 3.87. The maximum atomic E-state index is 12.3. The van der Waals surface area contributed by atoms with E-state index in [9.17, 15) is 9.59 Å². The minimum absolute atomic E-state index is 0.0475. The van der Waals surface area contributed by atoms with Crippen molar-refractivity contribution in [3.05, 3.63) is 55.9 Å². The summed E-state index contributed by atoms with van der Waals surface area (Å²) in [5.74, 6) is 0.153. The number of benzene rings is 1. The Kier molecular flexibility index (Phi) is 5.82. The molecule has 30 heavy (non-hydrogen) atoms. The Morgan fingerprint density at radius 2 is 2.00 bits per heavy atom. The van der Waals surface area contributed by atoms with E-state index in [1.807, 2.05) is 19.9 Å². The SMILES string of the molecule is C=C1NC(=O)N(c2cc(Cl)c(Oc3cc(C(C)C)c(=O)[nH]n3)c(Cl)c2C)N=C1C#N. The Hall–Kier alpha value is -3.35. The molecule has 2 aromatic rings. The lowest BCUT2D eigenvalue weighted by Crippen LogP contribution is -2.43. The summed E-state index contributed by atoms with van der Waals surface area (Å²) >= 11 is 12.8. The number of amides is 2. The van der Waals surface area contributed by atoms with Crippen LogP contribution in [0.5, 0.6) is 11.6 Å². The molecule has 1 aromatic carbocycles. The number of nitriles is 1. The monoisotopic (exact) mass is 446 g/mol. The molecule has 1 aliphatic rings. The molecule has 9 nitrogen and oxygen atoms in total. The number of aromatic amines is 1. The number of H-pyrrole nitrogens is 1. The molecule has 3 rings (SSSR count). The summed E-state index contributed by atoms with van der Waals surface area (Å²) in [6, 6.07) is 4.17. The molecule has 2 N–H and O–H groups in total. The molecule has 0 aliphatic carbocycles. The van der Waals surface area contributed by atoms with E-state index >= 15 is 0 Å². The van der Waals surface area contributed by atoms with Gasteiger partial charge in [0.1, 0.15) is 6.07 Å². The zero-order valence-corrected chi connectivity index (χ0v) is 17.7. The van der Waals surface area contributed by atoms with E-state index in [2.05, 4.69) is 27.2 Å². The molecule has 0 atom stereocenters. The molecule has 2 amide bonds. The number of nitrogens with one attached hydrogen (secondary N) is 2. The average Bonchev–Trinajstić information content (AvgIpc) is 2.69. The number of aromatic nitrogens is 2. The Labute approximate surface area is 181 Å². The summed E-state index contributed by atoms with van der Waals surface area (Å²) < 4.78 is 5.73. The summed E-state index contributed by atoms with van der Waals surface area (Å²) in [6.07, 6.45) is 0. The smallest absolute Gasteiger partial charge is 0.347 e. The van der Waals surface area contributed by atoms with Crippen molar-refractivity contribution in [2.24, 2.45) is 5.10 Å². The summed E-state index contributed by atoms with van der Waals surface area (Å²) in [5.41, 5.74) is 0.897. The second kappa shape index (κ2) is 8.18. The molecule has 0 bridgehead atoms. The number of carbonyl (C=O) groups excluding carboxylic acids is 1. The van der Waals surface area contributed by atoms with E-state index in [1.54, 1.807) is 6.92 Å². The number of hydrazone groups is 1. The van der Waals surface area contributed by atoms with Crippen molar-refractivity contribution in [3.63, 3.8) is 0 Å². The zero-order valence-electron chi connectivity index (χ0n) is 16.2. The first-order valence-electron chi connectivity index (χ1n) is 8.69. The van der Waals surface area contributed by atoms with Gasteiger partial charge in [-0.1, -0.05) is 43.6 Å². The fourth-order valence-electron chi connectivity index (χ4n) is 2.68. The predicted molar refractivity (Wildman–Crippen MR) is 113 cm³/mol. The summed E-state index contributed by atoms with van der Waals surface area (Å²) in [7, 11) is 0. The number of rotatable bonds is 4. The lowest BCUT2D eigenvalue weighted by molar-refractivity contribution is 0.248. The topological polar surface area (TPSA) is 123 Å². The van der Waals surface area contributed by atoms with Crippen LogP contribution in [0.15, 0.2) is 34.3 Å². The summed E-state index contributed by atoms with van der Waals surface area (Å²) in [4.78, 5) is 24.2. The maximum Gasteiger partial charge on any atom is 0.347 e. The number of hydrogen-bond donors (Lipinski definition) is 2. The molecule has 154 valence electrons. The number of nitrogens with zero attached hydrogens (tertiary/aromatic N) is 4. The number of anilines is 1. The van der Waals surface area contributed by atoms with E-state index in [0.717, 1.165) is 5.01 Å². The van der Waals surface area contributed by atoms with Crippen molar-refractivity contribution in [3.8, 4) is 17.7 Å². The Morgan fingerprint density at radius 1 is 1.30 bits per heavy atom. The molecular formula is C19H16Cl2N6O3. The molecule has 0 unspecified atom stereocenters. The van der Waals surface area contributed by atoms with Gasteiger partial charge in [0.15, 0.2) is 11.5 Å². The van der Waals surface area contributed by atoms with Crippen LogP contribution in [-0.4, -0.2) is 21.9 Å². The van der Waals surface area contributed by atoms with Crippen molar-refractivity contribution in [1.29, 1.82) is 5.26 Å². The van der Waals surface area contributed by atoms with Gasteiger partial charge in [-0.15, -0.1) is 5.10 Å². The molecule has 0 radical (unpaired) electrons. The lowest BCUT2D eigenvalue weighted by atomic mass is 10.1. The minimum Gasteiger partial charge on any atom is -0.434 e. The third-order valence-electron chi connectivity index (χ3n) is 4.30. The summed E-state index contributed by atoms with van der Waals surface area (Å²) in [5, 5.41) is 23.0. The lowest BCUT2D eigenvalue weighted by Gasteiger charge is -2.25. The van der Waals surface area contributed by atoms with E-state index in [1.165, 1.54) is 12.1 Å². The number of carbonyl (C=O) groups is 1. The molecule has 2 heterocycles. The van der Waals surface area contributed by atoms with Crippen LogP contribution in [0, 0.1) is 18.3 Å². The van der Waals surface area contributed by atoms with Crippen LogP contribution in [0.2, 0.25) is 10.0 Å². The van der Waals surface area contributed by atoms with Crippen molar-refractivity contribution in [2.75, 3.05) is 5.01 Å². The second-order valence-electron chi connectivity index (χ2n) is 6.67. The number of ether oxygens (including phenoxy) is 1. The van der Waals surface area contributed by atoms with Gasteiger partial charge in [0, 0.05) is 11.6 Å². The van der Waals surface area contributed by atoms with Gasteiger partial charge in [-0.2, -0.15) is 15.4 Å². The van der Waals surface area contributed by atoms with Gasteiger partial charge in [0.2, 0.25) is 5.88 Å². The first kappa shape index (κ1) is 21.4. The van der Waals surface area contributed by atoms with Crippen molar-refractivity contribution in [1.82, 2.24) is 15.5 Å². The molecule has 11 heteroatoms. The molecule has 1 aromatic heterocycles. The van der Waals surface area contributed by atoms with Gasteiger partial charge in [-0.25, -0.2) is 9.89 Å². The van der Waals surface area contributed by atoms with Gasteiger partial charge < -0.3 is 10.1 Å². The highest BCUT2D eigenvalue weighted by molar-refractivity contribution is 6.38. The van der Waals surface area contributed by atoms with Crippen LogP contribution >= 0.6 is 23.2 Å². The Morgan fingerprint density at radius 3 is 2.63 bits per heavy atom. The first-order chi connectivity index (χ1) is 14.1. The number of halogens is 2. The van der Waals surface area contributed by atoms with Gasteiger partial charge in [-0.3, -0.25) is 4.79 Å².